The van der Waals surface area contributed by atoms with E-state index in [4.69, 9.17) is 11.6 Å². The molecule has 1 aromatic heterocycles. The summed E-state index contributed by atoms with van der Waals surface area (Å²) in [5, 5.41) is 0.639. The first-order valence-electron chi connectivity index (χ1n) is 8.03. The summed E-state index contributed by atoms with van der Waals surface area (Å²) in [5.74, 6) is 0.187. The molecule has 0 saturated carbocycles. The molecule has 1 aromatic carbocycles. The van der Waals surface area contributed by atoms with E-state index in [1.807, 2.05) is 46.5 Å². The first-order chi connectivity index (χ1) is 11.6. The predicted octanol–water partition coefficient (Wildman–Crippen LogP) is 2.12. The zero-order valence-corrected chi connectivity index (χ0v) is 14.1. The lowest BCUT2D eigenvalue weighted by atomic mass is 10.1. The van der Waals surface area contributed by atoms with E-state index in [2.05, 4.69) is 4.98 Å². The van der Waals surface area contributed by atoms with Gasteiger partial charge in [0.05, 0.1) is 12.8 Å². The lowest BCUT2D eigenvalue weighted by molar-refractivity contribution is -0.138. The Bertz CT molecular complexity index is 707. The standard InChI is InChI=1S/C18H20ClN3O2/c19-16-3-1-2-14(10-16)11-17(23)21-6-8-22(9-7-21)18(24)12-15-4-5-20-13-15/h1-5,10,13,20H,6-9,11-12H2. The number of halogens is 1. The number of rotatable bonds is 4. The van der Waals surface area contributed by atoms with Crippen LogP contribution in [-0.4, -0.2) is 52.8 Å². The van der Waals surface area contributed by atoms with Gasteiger partial charge in [-0.25, -0.2) is 0 Å². The van der Waals surface area contributed by atoms with E-state index in [9.17, 15) is 9.59 Å². The molecule has 0 aliphatic carbocycles. The van der Waals surface area contributed by atoms with E-state index in [-0.39, 0.29) is 11.8 Å². The van der Waals surface area contributed by atoms with Crippen molar-refractivity contribution in [3.8, 4) is 0 Å². The number of hydrogen-bond donors (Lipinski definition) is 1. The monoisotopic (exact) mass is 345 g/mol. The van der Waals surface area contributed by atoms with Crippen molar-refractivity contribution in [2.24, 2.45) is 0 Å². The molecule has 0 bridgehead atoms. The van der Waals surface area contributed by atoms with Gasteiger partial charge in [-0.3, -0.25) is 9.59 Å². The van der Waals surface area contributed by atoms with Gasteiger partial charge in [0, 0.05) is 43.6 Å². The van der Waals surface area contributed by atoms with Crippen LogP contribution in [0, 0.1) is 0 Å². The summed E-state index contributed by atoms with van der Waals surface area (Å²) in [7, 11) is 0. The van der Waals surface area contributed by atoms with Crippen LogP contribution >= 0.6 is 11.6 Å². The molecule has 2 heterocycles. The Hall–Kier alpha value is -2.27. The Morgan fingerprint density at radius 2 is 1.58 bits per heavy atom. The smallest absolute Gasteiger partial charge is 0.227 e. The third-order valence-corrected chi connectivity index (χ3v) is 4.48. The summed E-state index contributed by atoms with van der Waals surface area (Å²) in [6.07, 6.45) is 4.40. The molecular formula is C18H20ClN3O2. The zero-order valence-electron chi connectivity index (χ0n) is 13.4. The highest BCUT2D eigenvalue weighted by molar-refractivity contribution is 6.30. The lowest BCUT2D eigenvalue weighted by Gasteiger charge is -2.35. The van der Waals surface area contributed by atoms with Crippen LogP contribution in [-0.2, 0) is 22.4 Å². The molecule has 0 radical (unpaired) electrons. The van der Waals surface area contributed by atoms with E-state index >= 15 is 0 Å². The van der Waals surface area contributed by atoms with Gasteiger partial charge in [0.1, 0.15) is 0 Å². The molecular weight excluding hydrogens is 326 g/mol. The van der Waals surface area contributed by atoms with Crippen molar-refractivity contribution in [1.82, 2.24) is 14.8 Å². The molecule has 126 valence electrons. The van der Waals surface area contributed by atoms with Crippen molar-refractivity contribution in [2.75, 3.05) is 26.2 Å². The first-order valence-corrected chi connectivity index (χ1v) is 8.41. The van der Waals surface area contributed by atoms with Crippen LogP contribution < -0.4 is 0 Å². The summed E-state index contributed by atoms with van der Waals surface area (Å²) in [6, 6.07) is 9.27. The summed E-state index contributed by atoms with van der Waals surface area (Å²) >= 11 is 5.95. The van der Waals surface area contributed by atoms with Crippen LogP contribution in [0.5, 0.6) is 0 Å². The lowest BCUT2D eigenvalue weighted by Crippen LogP contribution is -2.51. The Kier molecular flexibility index (Phi) is 5.20. The molecule has 3 rings (SSSR count). The number of piperazine rings is 1. The van der Waals surface area contributed by atoms with Crippen LogP contribution in [0.25, 0.3) is 0 Å². The predicted molar refractivity (Wildman–Crippen MR) is 92.8 cm³/mol. The van der Waals surface area contributed by atoms with Crippen molar-refractivity contribution < 1.29 is 9.59 Å². The molecule has 5 nitrogen and oxygen atoms in total. The Balaban J connectivity index is 1.49. The average molecular weight is 346 g/mol. The zero-order chi connectivity index (χ0) is 16.9. The quantitative estimate of drug-likeness (QED) is 0.922. The highest BCUT2D eigenvalue weighted by atomic mass is 35.5. The minimum absolute atomic E-state index is 0.0787. The van der Waals surface area contributed by atoms with Crippen LogP contribution in [0.1, 0.15) is 11.1 Å². The second kappa shape index (κ2) is 7.53. The molecule has 1 N–H and O–H groups in total. The summed E-state index contributed by atoms with van der Waals surface area (Å²) in [4.78, 5) is 31.3. The van der Waals surface area contributed by atoms with E-state index in [0.717, 1.165) is 11.1 Å². The van der Waals surface area contributed by atoms with Crippen LogP contribution in [0.2, 0.25) is 5.02 Å². The third-order valence-electron chi connectivity index (χ3n) is 4.25. The van der Waals surface area contributed by atoms with Gasteiger partial charge in [-0.1, -0.05) is 23.7 Å². The van der Waals surface area contributed by atoms with Gasteiger partial charge in [0.25, 0.3) is 0 Å². The number of carbonyl (C=O) groups excluding carboxylic acids is 2. The summed E-state index contributed by atoms with van der Waals surface area (Å²) in [6.45, 7) is 2.34. The number of hydrogen-bond acceptors (Lipinski definition) is 2. The first kappa shape index (κ1) is 16.6. The molecule has 1 aliphatic rings. The highest BCUT2D eigenvalue weighted by Gasteiger charge is 2.24. The van der Waals surface area contributed by atoms with Gasteiger partial charge in [-0.15, -0.1) is 0 Å². The average Bonchev–Trinajstić information content (AvgIpc) is 3.08. The van der Waals surface area contributed by atoms with Gasteiger partial charge in [0.2, 0.25) is 11.8 Å². The molecule has 1 aliphatic heterocycles. The van der Waals surface area contributed by atoms with Crippen molar-refractivity contribution in [3.05, 3.63) is 58.9 Å². The van der Waals surface area contributed by atoms with E-state index in [0.29, 0.717) is 44.0 Å². The second-order valence-electron chi connectivity index (χ2n) is 5.96. The minimum atomic E-state index is 0.0787. The number of nitrogens with zero attached hydrogens (tertiary/aromatic N) is 2. The Morgan fingerprint density at radius 1 is 0.958 bits per heavy atom. The number of nitrogens with one attached hydrogen (secondary N) is 1. The Labute approximate surface area is 146 Å². The van der Waals surface area contributed by atoms with Crippen molar-refractivity contribution in [3.63, 3.8) is 0 Å². The molecule has 2 amide bonds. The normalized spacial score (nSPS) is 14.7. The number of benzene rings is 1. The van der Waals surface area contributed by atoms with Crippen molar-refractivity contribution >= 4 is 23.4 Å². The summed E-state index contributed by atoms with van der Waals surface area (Å²) < 4.78 is 0. The third kappa shape index (κ3) is 4.17. The maximum absolute atomic E-state index is 12.4. The SMILES string of the molecule is O=C(Cc1cc[nH]c1)N1CCN(C(=O)Cc2cccc(Cl)c2)CC1. The maximum Gasteiger partial charge on any atom is 0.227 e. The number of carbonyl (C=O) groups is 2. The van der Waals surface area contributed by atoms with Crippen molar-refractivity contribution in [2.45, 2.75) is 12.8 Å². The molecule has 1 fully saturated rings. The molecule has 6 heteroatoms. The van der Waals surface area contributed by atoms with Gasteiger partial charge in [-0.05, 0) is 29.3 Å². The molecule has 2 aromatic rings. The topological polar surface area (TPSA) is 56.4 Å². The molecule has 1 saturated heterocycles. The number of amides is 2. The number of H-pyrrole nitrogens is 1. The maximum atomic E-state index is 12.4. The fourth-order valence-electron chi connectivity index (χ4n) is 2.89. The Morgan fingerprint density at radius 3 is 2.12 bits per heavy atom. The van der Waals surface area contributed by atoms with Crippen LogP contribution in [0.3, 0.4) is 0 Å². The van der Waals surface area contributed by atoms with Gasteiger partial charge in [0.15, 0.2) is 0 Å². The summed E-state index contributed by atoms with van der Waals surface area (Å²) in [5.41, 5.74) is 1.90. The van der Waals surface area contributed by atoms with Gasteiger partial charge < -0.3 is 14.8 Å². The van der Waals surface area contributed by atoms with E-state index in [1.165, 1.54) is 0 Å². The molecule has 0 spiro atoms. The fourth-order valence-corrected chi connectivity index (χ4v) is 3.11. The minimum Gasteiger partial charge on any atom is -0.367 e. The number of aromatic amines is 1. The van der Waals surface area contributed by atoms with E-state index in [1.54, 1.807) is 6.07 Å². The van der Waals surface area contributed by atoms with E-state index < -0.39 is 0 Å². The largest absolute Gasteiger partial charge is 0.367 e. The molecule has 0 unspecified atom stereocenters. The van der Waals surface area contributed by atoms with Crippen molar-refractivity contribution in [1.29, 1.82) is 0 Å². The fraction of sp³-hybridized carbons (Fsp3) is 0.333. The highest BCUT2D eigenvalue weighted by Crippen LogP contribution is 2.13. The van der Waals surface area contributed by atoms with Crippen LogP contribution in [0.4, 0.5) is 0 Å². The van der Waals surface area contributed by atoms with Gasteiger partial charge >= 0.3 is 0 Å². The number of aromatic nitrogens is 1. The second-order valence-corrected chi connectivity index (χ2v) is 6.40. The van der Waals surface area contributed by atoms with Gasteiger partial charge in [-0.2, -0.15) is 0 Å². The molecule has 24 heavy (non-hydrogen) atoms. The van der Waals surface area contributed by atoms with Crippen LogP contribution in [0.15, 0.2) is 42.7 Å². The molecule has 0 atom stereocenters.